The minimum atomic E-state index is -4.98. The fourth-order valence-electron chi connectivity index (χ4n) is 4.98. The van der Waals surface area contributed by atoms with E-state index in [1.165, 1.54) is 24.9 Å². The van der Waals surface area contributed by atoms with Crippen LogP contribution in [0.15, 0.2) is 55.5 Å². The first-order chi connectivity index (χ1) is 19.8. The van der Waals surface area contributed by atoms with Gasteiger partial charge in [-0.3, -0.25) is 0 Å². The maximum atomic E-state index is 13.6. The molecule has 0 unspecified atom stereocenters. The molecule has 0 bridgehead atoms. The first-order valence-corrected chi connectivity index (χ1v) is 13.4. The Kier molecular flexibility index (Phi) is 8.21. The molecule has 4 aromatic rings. The van der Waals surface area contributed by atoms with E-state index in [0.717, 1.165) is 0 Å². The van der Waals surface area contributed by atoms with E-state index in [1.807, 2.05) is 11.8 Å². The van der Waals surface area contributed by atoms with E-state index in [0.29, 0.717) is 36.5 Å². The molecule has 0 spiro atoms. The first-order valence-electron chi connectivity index (χ1n) is 12.6. The summed E-state index contributed by atoms with van der Waals surface area (Å²) in [4.78, 5) is 24.5. The predicted octanol–water partition coefficient (Wildman–Crippen LogP) is 6.86. The lowest BCUT2D eigenvalue weighted by atomic mass is 10.0. The smallest absolute Gasteiger partial charge is 0.350 e. The van der Waals surface area contributed by atoms with E-state index in [2.05, 4.69) is 24.9 Å². The fourth-order valence-corrected chi connectivity index (χ4v) is 5.31. The summed E-state index contributed by atoms with van der Waals surface area (Å²) in [7, 11) is 0. The molecule has 42 heavy (non-hydrogen) atoms. The summed E-state index contributed by atoms with van der Waals surface area (Å²) < 4.78 is 83.4. The molecule has 5 rings (SSSR count). The van der Waals surface area contributed by atoms with E-state index in [9.17, 15) is 26.3 Å². The van der Waals surface area contributed by atoms with Gasteiger partial charge in [0.1, 0.15) is 5.02 Å². The van der Waals surface area contributed by atoms with Crippen molar-refractivity contribution in [2.75, 3.05) is 16.3 Å². The zero-order chi connectivity index (χ0) is 30.2. The molecule has 0 radical (unpaired) electrons. The standard InChI is InChI=1S/C26H22Cl2F6N8/c1-2-18-8-19(13-41(18)22-21(27)11-36-23(28)39-22)42(24-37-9-20(10-38-24)40-4-3-35-14-40)12-15-5-16(25(29,30)31)7-17(6-15)26(32,33)34/h3-7,9-11,14,18-19H,2,8,12-13H2,1H3/t18-,19+/m1/s1. The molecule has 1 aliphatic heterocycles. The lowest BCUT2D eigenvalue weighted by Gasteiger charge is -2.30. The van der Waals surface area contributed by atoms with E-state index >= 15 is 0 Å². The fraction of sp³-hybridized carbons (Fsp3) is 0.346. The molecule has 3 aromatic heterocycles. The first kappa shape index (κ1) is 29.8. The number of imidazole rings is 1. The molecule has 1 aromatic carbocycles. The summed E-state index contributed by atoms with van der Waals surface area (Å²) >= 11 is 12.4. The van der Waals surface area contributed by atoms with E-state index in [4.69, 9.17) is 23.2 Å². The van der Waals surface area contributed by atoms with E-state index in [1.54, 1.807) is 21.9 Å². The summed E-state index contributed by atoms with van der Waals surface area (Å²) in [6, 6.07) is 0.969. The van der Waals surface area contributed by atoms with Gasteiger partial charge < -0.3 is 14.4 Å². The molecule has 0 N–H and O–H groups in total. The summed E-state index contributed by atoms with van der Waals surface area (Å²) in [5, 5.41) is 0.227. The zero-order valence-electron chi connectivity index (χ0n) is 21.8. The van der Waals surface area contributed by atoms with Crippen molar-refractivity contribution in [2.24, 2.45) is 0 Å². The summed E-state index contributed by atoms with van der Waals surface area (Å²) in [6.07, 6.45) is 0.275. The Bertz CT molecular complexity index is 1500. The molecular formula is C26H22Cl2F6N8. The molecule has 1 aliphatic rings. The molecular weight excluding hydrogens is 609 g/mol. The van der Waals surface area contributed by atoms with Crippen LogP contribution in [0.2, 0.25) is 10.3 Å². The van der Waals surface area contributed by atoms with Gasteiger partial charge in [0.05, 0.1) is 47.8 Å². The van der Waals surface area contributed by atoms with Gasteiger partial charge in [0.2, 0.25) is 11.2 Å². The molecule has 16 heteroatoms. The van der Waals surface area contributed by atoms with Crippen molar-refractivity contribution in [3.05, 3.63) is 82.5 Å². The van der Waals surface area contributed by atoms with Crippen LogP contribution in [0.5, 0.6) is 0 Å². The van der Waals surface area contributed by atoms with Crippen molar-refractivity contribution >= 4 is 35.0 Å². The second-order valence-corrected chi connectivity index (χ2v) is 10.4. The Balaban J connectivity index is 1.56. The monoisotopic (exact) mass is 630 g/mol. The second-order valence-electron chi connectivity index (χ2n) is 9.67. The maximum Gasteiger partial charge on any atom is 0.416 e. The Labute approximate surface area is 246 Å². The van der Waals surface area contributed by atoms with Crippen molar-refractivity contribution in [2.45, 2.75) is 50.7 Å². The Morgan fingerprint density at radius 2 is 1.62 bits per heavy atom. The third-order valence-electron chi connectivity index (χ3n) is 6.96. The van der Waals surface area contributed by atoms with Crippen LogP contribution >= 0.6 is 23.2 Å². The Hall–Kier alpha value is -3.65. The van der Waals surface area contributed by atoms with Crippen molar-refractivity contribution in [1.82, 2.24) is 29.5 Å². The van der Waals surface area contributed by atoms with Crippen LogP contribution in [0.4, 0.5) is 38.1 Å². The largest absolute Gasteiger partial charge is 0.416 e. The van der Waals surface area contributed by atoms with Crippen LogP contribution in [-0.4, -0.2) is 48.1 Å². The van der Waals surface area contributed by atoms with Crippen molar-refractivity contribution in [3.8, 4) is 5.69 Å². The van der Waals surface area contributed by atoms with Crippen LogP contribution in [-0.2, 0) is 18.9 Å². The average molecular weight is 631 g/mol. The van der Waals surface area contributed by atoms with Crippen LogP contribution < -0.4 is 9.80 Å². The zero-order valence-corrected chi connectivity index (χ0v) is 23.3. The number of alkyl halides is 6. The van der Waals surface area contributed by atoms with Crippen molar-refractivity contribution in [3.63, 3.8) is 0 Å². The van der Waals surface area contributed by atoms with Gasteiger partial charge in [0.25, 0.3) is 0 Å². The summed E-state index contributed by atoms with van der Waals surface area (Å²) in [5.41, 5.74) is -2.43. The average Bonchev–Trinajstić information content (AvgIpc) is 3.63. The molecule has 8 nitrogen and oxygen atoms in total. The Morgan fingerprint density at radius 3 is 2.19 bits per heavy atom. The minimum Gasteiger partial charge on any atom is -0.350 e. The SMILES string of the molecule is CC[C@@H]1C[C@H](N(Cc2cc(C(F)(F)F)cc(C(F)(F)F)c2)c2ncc(-n3ccnc3)cn2)CN1c1nc(Cl)ncc1Cl. The lowest BCUT2D eigenvalue weighted by molar-refractivity contribution is -0.143. The summed E-state index contributed by atoms with van der Waals surface area (Å²) in [6.45, 7) is 1.88. The van der Waals surface area contributed by atoms with Gasteiger partial charge in [0, 0.05) is 31.5 Å². The van der Waals surface area contributed by atoms with E-state index in [-0.39, 0.29) is 47.0 Å². The van der Waals surface area contributed by atoms with Crippen molar-refractivity contribution < 1.29 is 26.3 Å². The molecule has 222 valence electrons. The minimum absolute atomic E-state index is 0.0216. The number of hydrogen-bond donors (Lipinski definition) is 0. The molecule has 0 amide bonds. The molecule has 1 saturated heterocycles. The highest BCUT2D eigenvalue weighted by molar-refractivity contribution is 6.33. The number of benzene rings is 1. The molecule has 0 aliphatic carbocycles. The van der Waals surface area contributed by atoms with Gasteiger partial charge in [0.15, 0.2) is 5.82 Å². The highest BCUT2D eigenvalue weighted by Gasteiger charge is 2.40. The number of rotatable bonds is 7. The van der Waals surface area contributed by atoms with Gasteiger partial charge >= 0.3 is 12.4 Å². The lowest BCUT2D eigenvalue weighted by Crippen LogP contribution is -2.39. The quantitative estimate of drug-likeness (QED) is 0.163. The van der Waals surface area contributed by atoms with Crippen molar-refractivity contribution in [1.29, 1.82) is 0 Å². The third-order valence-corrected chi connectivity index (χ3v) is 7.41. The van der Waals surface area contributed by atoms with Crippen LogP contribution in [0.3, 0.4) is 0 Å². The topological polar surface area (TPSA) is 75.9 Å². The van der Waals surface area contributed by atoms with Crippen LogP contribution in [0.1, 0.15) is 36.5 Å². The van der Waals surface area contributed by atoms with Gasteiger partial charge in [-0.2, -0.15) is 31.3 Å². The number of aromatic nitrogens is 6. The van der Waals surface area contributed by atoms with E-state index < -0.39 is 29.5 Å². The molecule has 2 atom stereocenters. The molecule has 1 fully saturated rings. The summed E-state index contributed by atoms with van der Waals surface area (Å²) in [5.74, 6) is 0.499. The number of nitrogens with zero attached hydrogens (tertiary/aromatic N) is 8. The molecule has 0 saturated carbocycles. The predicted molar refractivity (Wildman–Crippen MR) is 144 cm³/mol. The van der Waals surface area contributed by atoms with Gasteiger partial charge in [-0.05, 0) is 48.2 Å². The van der Waals surface area contributed by atoms with Crippen LogP contribution in [0.25, 0.3) is 5.69 Å². The number of halogens is 8. The van der Waals surface area contributed by atoms with Gasteiger partial charge in [-0.1, -0.05) is 18.5 Å². The molecule has 4 heterocycles. The number of anilines is 2. The maximum absolute atomic E-state index is 13.6. The highest BCUT2D eigenvalue weighted by Crippen LogP contribution is 2.38. The third kappa shape index (κ3) is 6.38. The second kappa shape index (κ2) is 11.6. The Morgan fingerprint density at radius 1 is 0.952 bits per heavy atom. The normalized spacial score (nSPS) is 17.6. The van der Waals surface area contributed by atoms with Gasteiger partial charge in [-0.25, -0.2) is 19.9 Å². The number of hydrogen-bond acceptors (Lipinski definition) is 7. The highest BCUT2D eigenvalue weighted by atomic mass is 35.5. The van der Waals surface area contributed by atoms with Gasteiger partial charge in [-0.15, -0.1) is 0 Å². The van der Waals surface area contributed by atoms with Crippen LogP contribution in [0, 0.1) is 0 Å².